The number of hydrogen-bond acceptors (Lipinski definition) is 10. The van der Waals surface area contributed by atoms with Gasteiger partial charge in [0, 0.05) is 27.3 Å². The summed E-state index contributed by atoms with van der Waals surface area (Å²) in [6.45, 7) is 2.57. The highest BCUT2D eigenvalue weighted by Crippen LogP contribution is 2.37. The van der Waals surface area contributed by atoms with Crippen molar-refractivity contribution in [1.82, 2.24) is 9.30 Å². The second-order valence-corrected chi connectivity index (χ2v) is 10.1. The fourth-order valence-corrected chi connectivity index (χ4v) is 5.19. The second kappa shape index (κ2) is 12.0. The molecule has 0 saturated heterocycles. The maximum atomic E-state index is 14.3. The molecule has 0 aliphatic rings. The molecule has 0 fully saturated rings. The Bertz CT molecular complexity index is 1530. The van der Waals surface area contributed by atoms with Crippen LogP contribution in [0.5, 0.6) is 0 Å². The Kier molecular flexibility index (Phi) is 8.99. The van der Waals surface area contributed by atoms with Gasteiger partial charge in [-0.1, -0.05) is 17.7 Å². The molecule has 3 aromatic rings. The molecule has 3 rings (SSSR count). The molecule has 0 aliphatic heterocycles. The highest BCUT2D eigenvalue weighted by Gasteiger charge is 2.34. The van der Waals surface area contributed by atoms with Crippen LogP contribution in [0.2, 0.25) is 0 Å². The average Bonchev–Trinajstić information content (AvgIpc) is 3.49. The van der Waals surface area contributed by atoms with Crippen LogP contribution in [-0.4, -0.2) is 63.7 Å². The third-order valence-corrected chi connectivity index (χ3v) is 7.28. The van der Waals surface area contributed by atoms with Gasteiger partial charge in [0.25, 0.3) is 0 Å². The molecule has 0 spiro atoms. The van der Waals surface area contributed by atoms with E-state index in [0.29, 0.717) is 0 Å². The Labute approximate surface area is 225 Å². The highest BCUT2D eigenvalue weighted by atomic mass is 32.2. The third kappa shape index (κ3) is 6.21. The van der Waals surface area contributed by atoms with Crippen LogP contribution in [-0.2, 0) is 40.6 Å². The molecule has 12 nitrogen and oxygen atoms in total. The Morgan fingerprint density at radius 2 is 1.44 bits per heavy atom. The van der Waals surface area contributed by atoms with E-state index in [1.165, 1.54) is 62.5 Å². The Balaban J connectivity index is 2.50. The van der Waals surface area contributed by atoms with Crippen molar-refractivity contribution in [2.45, 2.75) is 18.7 Å². The summed E-state index contributed by atoms with van der Waals surface area (Å²) >= 11 is 0. The molecule has 0 atom stereocenters. The molecule has 208 valence electrons. The van der Waals surface area contributed by atoms with E-state index in [-0.39, 0.29) is 34.2 Å². The summed E-state index contributed by atoms with van der Waals surface area (Å²) in [4.78, 5) is 41.8. The topological polar surface area (TPSA) is 141 Å². The molecule has 0 unspecified atom stereocenters. The number of benzene rings is 1. The predicted molar refractivity (Wildman–Crippen MR) is 138 cm³/mol. The van der Waals surface area contributed by atoms with Crippen molar-refractivity contribution >= 4 is 38.4 Å². The number of aromatic nitrogens is 2. The maximum Gasteiger partial charge on any atom is 0.339 e. The zero-order valence-corrected chi connectivity index (χ0v) is 23.0. The number of nitrogens with zero attached hydrogens (tertiary/aromatic N) is 2. The van der Waals surface area contributed by atoms with Crippen LogP contribution in [0, 0.1) is 6.92 Å². The molecule has 0 bridgehead atoms. The standard InChI is InChI=1S/C26H28N2O10S/c1-16-7-9-20(10-8-16)39(32,33)24(22-12-19(26(31)36-6)14-28(22)37-15-34-4)23(38-17(2)29)21-11-18(13-27(21)3)25(30)35-5/h7-14H,15H2,1-6H3/b24-23+. The van der Waals surface area contributed by atoms with Gasteiger partial charge >= 0.3 is 17.9 Å². The normalized spacial score (nSPS) is 11.9. The zero-order chi connectivity index (χ0) is 28.9. The Morgan fingerprint density at radius 3 is 1.97 bits per heavy atom. The molecule has 2 aromatic heterocycles. The SMILES string of the molecule is COCOn1cc(C(=O)OC)cc1/C(=C(\OC(C)=O)c1cc(C(=O)OC)cn1C)S(=O)(=O)c1ccc(C)cc1. The van der Waals surface area contributed by atoms with E-state index < -0.39 is 38.4 Å². The number of methoxy groups -OCH3 is 3. The van der Waals surface area contributed by atoms with Crippen molar-refractivity contribution < 1.29 is 46.6 Å². The van der Waals surface area contributed by atoms with Gasteiger partial charge in [0.15, 0.2) is 5.76 Å². The Hall–Kier alpha value is -4.36. The number of ether oxygens (including phenoxy) is 4. The lowest BCUT2D eigenvalue weighted by Crippen LogP contribution is -2.19. The van der Waals surface area contributed by atoms with Gasteiger partial charge in [-0.25, -0.2) is 18.0 Å². The number of rotatable bonds is 10. The summed E-state index contributed by atoms with van der Waals surface area (Å²) in [5.74, 6) is -2.73. The van der Waals surface area contributed by atoms with E-state index in [2.05, 4.69) is 0 Å². The van der Waals surface area contributed by atoms with Gasteiger partial charge in [0.1, 0.15) is 10.6 Å². The lowest BCUT2D eigenvalue weighted by molar-refractivity contribution is -0.134. The Morgan fingerprint density at radius 1 is 0.872 bits per heavy atom. The van der Waals surface area contributed by atoms with Crippen molar-refractivity contribution in [3.8, 4) is 0 Å². The molecule has 0 amide bonds. The van der Waals surface area contributed by atoms with Gasteiger partial charge in [-0.2, -0.15) is 4.73 Å². The van der Waals surface area contributed by atoms with Gasteiger partial charge in [-0.05, 0) is 31.2 Å². The first kappa shape index (κ1) is 29.2. The van der Waals surface area contributed by atoms with Crippen molar-refractivity contribution in [2.24, 2.45) is 7.05 Å². The van der Waals surface area contributed by atoms with Crippen LogP contribution in [0.25, 0.3) is 10.7 Å². The number of esters is 3. The van der Waals surface area contributed by atoms with Crippen LogP contribution in [0.1, 0.15) is 44.6 Å². The van der Waals surface area contributed by atoms with Gasteiger partial charge in [0.2, 0.25) is 16.6 Å². The average molecular weight is 561 g/mol. The van der Waals surface area contributed by atoms with Crippen LogP contribution in [0.3, 0.4) is 0 Å². The van der Waals surface area contributed by atoms with Crippen LogP contribution in [0.4, 0.5) is 0 Å². The summed E-state index contributed by atoms with van der Waals surface area (Å²) < 4.78 is 51.0. The number of hydrogen-bond donors (Lipinski definition) is 0. The van der Waals surface area contributed by atoms with Crippen molar-refractivity contribution in [3.05, 3.63) is 76.9 Å². The molecule has 39 heavy (non-hydrogen) atoms. The summed E-state index contributed by atoms with van der Waals surface area (Å²) in [6.07, 6.45) is 2.60. The predicted octanol–water partition coefficient (Wildman–Crippen LogP) is 2.60. The molecule has 2 heterocycles. The largest absolute Gasteiger partial charge is 0.465 e. The lowest BCUT2D eigenvalue weighted by atomic mass is 10.2. The molecule has 0 radical (unpaired) electrons. The number of carbonyl (C=O) groups excluding carboxylic acids is 3. The molecule has 1 aromatic carbocycles. The van der Waals surface area contributed by atoms with E-state index in [1.54, 1.807) is 19.1 Å². The minimum absolute atomic E-state index is 0.0513. The fourth-order valence-electron chi connectivity index (χ4n) is 3.65. The van der Waals surface area contributed by atoms with E-state index >= 15 is 0 Å². The molecule has 13 heteroatoms. The number of sulfone groups is 1. The zero-order valence-electron chi connectivity index (χ0n) is 22.2. The van der Waals surface area contributed by atoms with E-state index in [1.807, 2.05) is 0 Å². The number of carbonyl (C=O) groups is 3. The smallest absolute Gasteiger partial charge is 0.339 e. The first-order chi connectivity index (χ1) is 18.4. The lowest BCUT2D eigenvalue weighted by Gasteiger charge is -2.18. The van der Waals surface area contributed by atoms with E-state index in [0.717, 1.165) is 24.3 Å². The van der Waals surface area contributed by atoms with Crippen molar-refractivity contribution in [2.75, 3.05) is 28.1 Å². The first-order valence-corrected chi connectivity index (χ1v) is 12.9. The summed E-state index contributed by atoms with van der Waals surface area (Å²) in [5, 5.41) is 0. The second-order valence-electron chi connectivity index (χ2n) is 8.25. The van der Waals surface area contributed by atoms with Crippen LogP contribution < -0.4 is 4.84 Å². The van der Waals surface area contributed by atoms with E-state index in [9.17, 15) is 22.8 Å². The molecule has 0 N–H and O–H groups in total. The molecular weight excluding hydrogens is 532 g/mol. The van der Waals surface area contributed by atoms with Gasteiger partial charge in [0.05, 0.1) is 42.1 Å². The summed E-state index contributed by atoms with van der Waals surface area (Å²) in [7, 11) is 0.757. The van der Waals surface area contributed by atoms with Crippen LogP contribution in [0.15, 0.2) is 53.7 Å². The van der Waals surface area contributed by atoms with Gasteiger partial charge in [-0.3, -0.25) is 4.79 Å². The highest BCUT2D eigenvalue weighted by molar-refractivity contribution is 8.01. The van der Waals surface area contributed by atoms with Crippen molar-refractivity contribution in [3.63, 3.8) is 0 Å². The summed E-state index contributed by atoms with van der Waals surface area (Å²) in [6, 6.07) is 8.54. The molecule has 0 aliphatic carbocycles. The fraction of sp³-hybridized carbons (Fsp3) is 0.269. The van der Waals surface area contributed by atoms with Gasteiger partial charge in [-0.15, -0.1) is 0 Å². The van der Waals surface area contributed by atoms with Crippen molar-refractivity contribution in [1.29, 1.82) is 0 Å². The maximum absolute atomic E-state index is 14.3. The first-order valence-electron chi connectivity index (χ1n) is 11.4. The molecular formula is C26H28N2O10S. The third-order valence-electron chi connectivity index (χ3n) is 5.46. The monoisotopic (exact) mass is 560 g/mol. The van der Waals surface area contributed by atoms with Crippen LogP contribution >= 0.6 is 0 Å². The summed E-state index contributed by atoms with van der Waals surface area (Å²) in [5.41, 5.74) is 0.711. The quantitative estimate of drug-likeness (QED) is 0.157. The van der Waals surface area contributed by atoms with Gasteiger partial charge < -0.3 is 28.4 Å². The number of aryl methyl sites for hydroxylation is 2. The minimum Gasteiger partial charge on any atom is -0.465 e. The minimum atomic E-state index is -4.48. The van der Waals surface area contributed by atoms with E-state index in [4.69, 9.17) is 23.8 Å². The molecule has 0 saturated carbocycles.